The third kappa shape index (κ3) is 2.56. The molecule has 20 heavy (non-hydrogen) atoms. The highest BCUT2D eigenvalue weighted by molar-refractivity contribution is 9.10. The molecule has 0 spiro atoms. The fourth-order valence-electron chi connectivity index (χ4n) is 1.84. The second kappa shape index (κ2) is 5.15. The maximum Gasteiger partial charge on any atom is 0.246 e. The lowest BCUT2D eigenvalue weighted by Crippen LogP contribution is -2.58. The molecule has 2 amide bonds. The number of rotatable bonds is 2. The molecule has 3 N–H and O–H groups in total. The Balaban J connectivity index is 2.51. The van der Waals surface area contributed by atoms with E-state index in [1.807, 2.05) is 0 Å². The summed E-state index contributed by atoms with van der Waals surface area (Å²) in [6.07, 6.45) is 0. The van der Waals surface area contributed by atoms with Gasteiger partial charge in [-0.2, -0.15) is 4.31 Å². The summed E-state index contributed by atoms with van der Waals surface area (Å²) >= 11 is 3.17. The highest BCUT2D eigenvalue weighted by atomic mass is 79.9. The Morgan fingerprint density at radius 3 is 2.70 bits per heavy atom. The Labute approximate surface area is 124 Å². The number of carbonyl (C=O) groups excluding carboxylic acids is 2. The molecule has 1 aliphatic rings. The van der Waals surface area contributed by atoms with Gasteiger partial charge in [0.05, 0.1) is 12.2 Å². The summed E-state index contributed by atoms with van der Waals surface area (Å²) in [6.45, 7) is 0.995. The van der Waals surface area contributed by atoms with E-state index in [2.05, 4.69) is 21.2 Å². The van der Waals surface area contributed by atoms with Crippen LogP contribution in [0.5, 0.6) is 0 Å². The number of nitrogen functional groups attached to an aromatic ring is 1. The summed E-state index contributed by atoms with van der Waals surface area (Å²) in [6, 6.07) is 3.41. The molecule has 1 atom stereocenters. The Bertz CT molecular complexity index is 689. The smallest absolute Gasteiger partial charge is 0.246 e. The van der Waals surface area contributed by atoms with E-state index in [9.17, 15) is 18.0 Å². The number of hydrogen-bond donors (Lipinski definition) is 2. The predicted octanol–water partition coefficient (Wildman–Crippen LogP) is 0.0669. The zero-order valence-corrected chi connectivity index (χ0v) is 12.9. The van der Waals surface area contributed by atoms with Gasteiger partial charge < -0.3 is 5.73 Å². The predicted molar refractivity (Wildman–Crippen MR) is 75.1 cm³/mol. The van der Waals surface area contributed by atoms with Crippen molar-refractivity contribution in [2.75, 3.05) is 12.3 Å². The Morgan fingerprint density at radius 1 is 1.40 bits per heavy atom. The first-order valence-electron chi connectivity index (χ1n) is 5.64. The van der Waals surface area contributed by atoms with Crippen molar-refractivity contribution in [3.8, 4) is 0 Å². The van der Waals surface area contributed by atoms with Gasteiger partial charge in [-0.1, -0.05) is 15.9 Å². The second-order valence-corrected chi connectivity index (χ2v) is 7.10. The van der Waals surface area contributed by atoms with Gasteiger partial charge in [0.1, 0.15) is 10.9 Å². The molecule has 1 aromatic rings. The number of halogens is 1. The van der Waals surface area contributed by atoms with Gasteiger partial charge in [-0.15, -0.1) is 0 Å². The summed E-state index contributed by atoms with van der Waals surface area (Å²) in [7, 11) is -4.03. The van der Waals surface area contributed by atoms with Crippen LogP contribution in [0.25, 0.3) is 0 Å². The zero-order chi connectivity index (χ0) is 15.1. The zero-order valence-electron chi connectivity index (χ0n) is 10.5. The number of anilines is 1. The number of carbonyl (C=O) groups is 2. The normalized spacial score (nSPS) is 20.8. The average Bonchev–Trinajstić information content (AvgIpc) is 2.36. The molecular formula is C11H12BrN3O4S. The third-order valence-electron chi connectivity index (χ3n) is 2.94. The number of nitrogens with one attached hydrogen (secondary N) is 1. The van der Waals surface area contributed by atoms with E-state index in [4.69, 9.17) is 5.73 Å². The van der Waals surface area contributed by atoms with E-state index in [-0.39, 0.29) is 10.6 Å². The van der Waals surface area contributed by atoms with Gasteiger partial charge in [0.2, 0.25) is 21.8 Å². The molecule has 108 valence electrons. The van der Waals surface area contributed by atoms with Crippen LogP contribution in [0.4, 0.5) is 5.69 Å². The minimum absolute atomic E-state index is 0.0545. The van der Waals surface area contributed by atoms with Crippen LogP contribution in [0.15, 0.2) is 27.6 Å². The van der Waals surface area contributed by atoms with Gasteiger partial charge in [0.15, 0.2) is 0 Å². The number of hydrogen-bond acceptors (Lipinski definition) is 5. The average molecular weight is 362 g/mol. The number of benzene rings is 1. The van der Waals surface area contributed by atoms with E-state index >= 15 is 0 Å². The molecule has 1 unspecified atom stereocenters. The summed E-state index contributed by atoms with van der Waals surface area (Å²) in [5, 5.41) is 2.08. The lowest BCUT2D eigenvalue weighted by Gasteiger charge is -2.30. The van der Waals surface area contributed by atoms with Crippen LogP contribution in [-0.4, -0.2) is 37.1 Å². The van der Waals surface area contributed by atoms with Gasteiger partial charge in [-0.3, -0.25) is 14.9 Å². The van der Waals surface area contributed by atoms with Crippen molar-refractivity contribution in [2.45, 2.75) is 17.9 Å². The Hall–Kier alpha value is -1.45. The van der Waals surface area contributed by atoms with Crippen LogP contribution in [0.2, 0.25) is 0 Å². The molecule has 0 bridgehead atoms. The maximum absolute atomic E-state index is 12.6. The van der Waals surface area contributed by atoms with Crippen molar-refractivity contribution in [2.24, 2.45) is 0 Å². The summed E-state index contributed by atoms with van der Waals surface area (Å²) < 4.78 is 26.5. The molecule has 1 aliphatic heterocycles. The van der Waals surface area contributed by atoms with Gasteiger partial charge in [0, 0.05) is 4.47 Å². The highest BCUT2D eigenvalue weighted by Gasteiger charge is 2.39. The molecule has 7 nitrogen and oxygen atoms in total. The fourth-order valence-corrected chi connectivity index (χ4v) is 4.05. The molecule has 0 saturated carbocycles. The van der Waals surface area contributed by atoms with Crippen molar-refractivity contribution in [1.29, 1.82) is 0 Å². The fraction of sp³-hybridized carbons (Fsp3) is 0.273. The highest BCUT2D eigenvalue weighted by Crippen LogP contribution is 2.27. The molecule has 1 aromatic carbocycles. The number of nitrogens with two attached hydrogens (primary N) is 1. The number of sulfonamides is 1. The number of imide groups is 1. The first-order chi connectivity index (χ1) is 9.23. The van der Waals surface area contributed by atoms with Crippen LogP contribution in [0.1, 0.15) is 6.92 Å². The molecule has 1 saturated heterocycles. The molecule has 0 aliphatic carbocycles. The minimum atomic E-state index is -4.03. The quantitative estimate of drug-likeness (QED) is 0.572. The standard InChI is InChI=1S/C11H12BrN3O4S/c1-6-11(17)14-10(16)5-15(6)20(18,19)9-4-7(12)2-3-8(9)13/h2-4,6H,5,13H2,1H3,(H,14,16,17). The van der Waals surface area contributed by atoms with Gasteiger partial charge in [-0.05, 0) is 25.1 Å². The molecule has 2 rings (SSSR count). The van der Waals surface area contributed by atoms with Crippen LogP contribution in [0, 0.1) is 0 Å². The molecular weight excluding hydrogens is 350 g/mol. The van der Waals surface area contributed by atoms with E-state index in [0.29, 0.717) is 4.47 Å². The SMILES string of the molecule is CC1C(=O)NC(=O)CN1S(=O)(=O)c1cc(Br)ccc1N. The minimum Gasteiger partial charge on any atom is -0.398 e. The molecule has 1 heterocycles. The van der Waals surface area contributed by atoms with Crippen molar-refractivity contribution >= 4 is 43.5 Å². The van der Waals surface area contributed by atoms with E-state index in [0.717, 1.165) is 4.31 Å². The summed E-state index contributed by atoms with van der Waals surface area (Å²) in [5.41, 5.74) is 5.74. The first-order valence-corrected chi connectivity index (χ1v) is 7.87. The van der Waals surface area contributed by atoms with Gasteiger partial charge >= 0.3 is 0 Å². The largest absolute Gasteiger partial charge is 0.398 e. The first kappa shape index (κ1) is 14.9. The van der Waals surface area contributed by atoms with E-state index < -0.39 is 34.4 Å². The molecule has 0 radical (unpaired) electrons. The third-order valence-corrected chi connectivity index (χ3v) is 5.40. The van der Waals surface area contributed by atoms with Crippen LogP contribution < -0.4 is 11.1 Å². The topological polar surface area (TPSA) is 110 Å². The number of piperazine rings is 1. The molecule has 1 fully saturated rings. The number of nitrogens with zero attached hydrogens (tertiary/aromatic N) is 1. The lowest BCUT2D eigenvalue weighted by atomic mass is 10.2. The molecule has 9 heteroatoms. The van der Waals surface area contributed by atoms with E-state index in [1.165, 1.54) is 19.1 Å². The van der Waals surface area contributed by atoms with Crippen LogP contribution in [-0.2, 0) is 19.6 Å². The van der Waals surface area contributed by atoms with Crippen molar-refractivity contribution < 1.29 is 18.0 Å². The van der Waals surface area contributed by atoms with E-state index in [1.54, 1.807) is 6.07 Å². The van der Waals surface area contributed by atoms with Crippen LogP contribution in [0.3, 0.4) is 0 Å². The second-order valence-electron chi connectivity index (χ2n) is 4.32. The van der Waals surface area contributed by atoms with Crippen molar-refractivity contribution in [3.05, 3.63) is 22.7 Å². The lowest BCUT2D eigenvalue weighted by molar-refractivity contribution is -0.136. The number of amides is 2. The van der Waals surface area contributed by atoms with Gasteiger partial charge in [-0.25, -0.2) is 8.42 Å². The Morgan fingerprint density at radius 2 is 2.05 bits per heavy atom. The van der Waals surface area contributed by atoms with Crippen molar-refractivity contribution in [3.63, 3.8) is 0 Å². The monoisotopic (exact) mass is 361 g/mol. The Kier molecular flexibility index (Phi) is 3.85. The maximum atomic E-state index is 12.6. The van der Waals surface area contributed by atoms with Gasteiger partial charge in [0.25, 0.3) is 0 Å². The van der Waals surface area contributed by atoms with Crippen LogP contribution >= 0.6 is 15.9 Å². The summed E-state index contributed by atoms with van der Waals surface area (Å²) in [5.74, 6) is -1.32. The van der Waals surface area contributed by atoms with Crippen molar-refractivity contribution in [1.82, 2.24) is 9.62 Å². The summed E-state index contributed by atoms with van der Waals surface area (Å²) in [4.78, 5) is 22.8. The molecule has 0 aromatic heterocycles.